The highest BCUT2D eigenvalue weighted by Crippen LogP contribution is 2.27. The minimum atomic E-state index is 0.625. The summed E-state index contributed by atoms with van der Waals surface area (Å²) in [6.45, 7) is 6.48. The van der Waals surface area contributed by atoms with Crippen molar-refractivity contribution >= 4 is 10.9 Å². The van der Waals surface area contributed by atoms with E-state index in [0.29, 0.717) is 11.8 Å². The van der Waals surface area contributed by atoms with Crippen LogP contribution in [0.25, 0.3) is 22.5 Å². The fraction of sp³-hybridized carbons (Fsp3) is 0.444. The fourth-order valence-corrected chi connectivity index (χ4v) is 3.38. The minimum absolute atomic E-state index is 0.625. The molecule has 0 aliphatic carbocycles. The molecule has 0 N–H and O–H groups in total. The average molecular weight is 310 g/mol. The lowest BCUT2D eigenvalue weighted by atomic mass is 10.2. The Kier molecular flexibility index (Phi) is 3.87. The second kappa shape index (κ2) is 6.16. The molecule has 1 aliphatic heterocycles. The number of hydrogen-bond donors (Lipinski definition) is 0. The number of aryl methyl sites for hydroxylation is 1. The number of rotatable bonds is 5. The van der Waals surface area contributed by atoms with Crippen molar-refractivity contribution in [3.8, 4) is 11.6 Å². The number of hydrogen-bond acceptors (Lipinski definition) is 4. The molecule has 23 heavy (non-hydrogen) atoms. The lowest BCUT2D eigenvalue weighted by molar-refractivity contribution is 0.324. The maximum Gasteiger partial charge on any atom is 0.264 e. The maximum absolute atomic E-state index is 5.80. The second-order valence-electron chi connectivity index (χ2n) is 6.14. The third-order valence-corrected chi connectivity index (χ3v) is 4.64. The van der Waals surface area contributed by atoms with Crippen molar-refractivity contribution in [3.63, 3.8) is 0 Å². The van der Waals surface area contributed by atoms with E-state index in [1.807, 2.05) is 6.92 Å². The van der Waals surface area contributed by atoms with Gasteiger partial charge in [-0.2, -0.15) is 0 Å². The zero-order chi connectivity index (χ0) is 15.6. The summed E-state index contributed by atoms with van der Waals surface area (Å²) < 4.78 is 8.12. The van der Waals surface area contributed by atoms with Crippen LogP contribution in [0.5, 0.6) is 0 Å². The van der Waals surface area contributed by atoms with Crippen molar-refractivity contribution in [2.45, 2.75) is 32.7 Å². The van der Waals surface area contributed by atoms with E-state index < -0.39 is 0 Å². The van der Waals surface area contributed by atoms with Gasteiger partial charge in [-0.15, -0.1) is 10.2 Å². The normalized spacial score (nSPS) is 15.7. The van der Waals surface area contributed by atoms with Crippen molar-refractivity contribution < 1.29 is 4.42 Å². The van der Waals surface area contributed by atoms with E-state index in [1.54, 1.807) is 0 Å². The molecule has 3 aromatic rings. The van der Waals surface area contributed by atoms with Crippen LogP contribution in [0.2, 0.25) is 0 Å². The SMILES string of the molecule is CCc1nnc(-c2cc3ccccc3n2CCN2CCCC2)o1. The molecule has 5 heteroatoms. The van der Waals surface area contributed by atoms with Gasteiger partial charge in [0.2, 0.25) is 5.89 Å². The quantitative estimate of drug-likeness (QED) is 0.725. The Labute approximate surface area is 135 Å². The fourth-order valence-electron chi connectivity index (χ4n) is 3.38. The molecule has 0 unspecified atom stereocenters. The Morgan fingerprint density at radius 3 is 2.70 bits per heavy atom. The highest BCUT2D eigenvalue weighted by molar-refractivity contribution is 5.85. The number of para-hydroxylation sites is 1. The number of nitrogens with zero attached hydrogens (tertiary/aromatic N) is 4. The molecule has 2 aromatic heterocycles. The van der Waals surface area contributed by atoms with Crippen LogP contribution in [0.15, 0.2) is 34.7 Å². The molecule has 4 rings (SSSR count). The van der Waals surface area contributed by atoms with E-state index in [4.69, 9.17) is 4.42 Å². The van der Waals surface area contributed by atoms with Crippen LogP contribution in [0.1, 0.15) is 25.7 Å². The van der Waals surface area contributed by atoms with E-state index in [1.165, 1.54) is 36.8 Å². The molecule has 0 radical (unpaired) electrons. The topological polar surface area (TPSA) is 47.1 Å². The summed E-state index contributed by atoms with van der Waals surface area (Å²) >= 11 is 0. The van der Waals surface area contributed by atoms with Gasteiger partial charge in [0.05, 0.1) is 0 Å². The van der Waals surface area contributed by atoms with Crippen molar-refractivity contribution in [1.82, 2.24) is 19.7 Å². The summed E-state index contributed by atoms with van der Waals surface area (Å²) in [5.74, 6) is 1.32. The van der Waals surface area contributed by atoms with Gasteiger partial charge in [-0.3, -0.25) is 0 Å². The van der Waals surface area contributed by atoms with Gasteiger partial charge in [-0.05, 0) is 38.1 Å². The highest BCUT2D eigenvalue weighted by Gasteiger charge is 2.17. The number of benzene rings is 1. The molecule has 0 atom stereocenters. The predicted molar refractivity (Wildman–Crippen MR) is 90.3 cm³/mol. The Bertz CT molecular complexity index is 798. The second-order valence-corrected chi connectivity index (χ2v) is 6.14. The van der Waals surface area contributed by atoms with Crippen LogP contribution in [-0.2, 0) is 13.0 Å². The summed E-state index contributed by atoms with van der Waals surface area (Å²) in [4.78, 5) is 2.53. The van der Waals surface area contributed by atoms with Crippen LogP contribution < -0.4 is 0 Å². The number of aromatic nitrogens is 3. The summed E-state index contributed by atoms with van der Waals surface area (Å²) in [5, 5.41) is 9.58. The van der Waals surface area contributed by atoms with Gasteiger partial charge in [-0.25, -0.2) is 0 Å². The first-order chi connectivity index (χ1) is 11.3. The van der Waals surface area contributed by atoms with Gasteiger partial charge in [-0.1, -0.05) is 25.1 Å². The molecule has 1 fully saturated rings. The summed E-state index contributed by atoms with van der Waals surface area (Å²) in [6.07, 6.45) is 3.41. The van der Waals surface area contributed by atoms with Gasteiger partial charge in [0.15, 0.2) is 0 Å². The number of fused-ring (bicyclic) bond motifs is 1. The van der Waals surface area contributed by atoms with E-state index in [0.717, 1.165) is 25.2 Å². The molecule has 1 saturated heterocycles. The van der Waals surface area contributed by atoms with Gasteiger partial charge >= 0.3 is 0 Å². The first kappa shape index (κ1) is 14.5. The van der Waals surface area contributed by atoms with Crippen molar-refractivity contribution in [3.05, 3.63) is 36.2 Å². The largest absolute Gasteiger partial charge is 0.419 e. The Hall–Kier alpha value is -2.14. The lowest BCUT2D eigenvalue weighted by Crippen LogP contribution is -2.24. The standard InChI is InChI=1S/C18H22N4O/c1-2-17-19-20-18(23-17)16-13-14-7-3-4-8-15(14)22(16)12-11-21-9-5-6-10-21/h3-4,7-8,13H,2,5-6,9-12H2,1H3. The smallest absolute Gasteiger partial charge is 0.264 e. The lowest BCUT2D eigenvalue weighted by Gasteiger charge is -2.16. The zero-order valence-electron chi connectivity index (χ0n) is 13.5. The molecule has 3 heterocycles. The molecule has 0 spiro atoms. The molecule has 1 aliphatic rings. The first-order valence-electron chi connectivity index (χ1n) is 8.48. The molecule has 0 amide bonds. The summed E-state index contributed by atoms with van der Waals surface area (Å²) in [7, 11) is 0. The predicted octanol–water partition coefficient (Wildman–Crippen LogP) is 3.35. The van der Waals surface area contributed by atoms with Gasteiger partial charge in [0.25, 0.3) is 5.89 Å². The molecule has 1 aromatic carbocycles. The average Bonchev–Trinajstić information content (AvgIpc) is 3.31. The Balaban J connectivity index is 1.71. The van der Waals surface area contributed by atoms with E-state index in [2.05, 4.69) is 50.0 Å². The van der Waals surface area contributed by atoms with Crippen molar-refractivity contribution in [1.29, 1.82) is 0 Å². The third kappa shape index (κ3) is 2.77. The van der Waals surface area contributed by atoms with Crippen molar-refractivity contribution in [2.75, 3.05) is 19.6 Å². The number of likely N-dealkylation sites (tertiary alicyclic amines) is 1. The van der Waals surface area contributed by atoms with E-state index in [-0.39, 0.29) is 0 Å². The van der Waals surface area contributed by atoms with Gasteiger partial charge in [0, 0.05) is 30.4 Å². The third-order valence-electron chi connectivity index (χ3n) is 4.64. The molecule has 120 valence electrons. The van der Waals surface area contributed by atoms with Gasteiger partial charge in [0.1, 0.15) is 5.69 Å². The van der Waals surface area contributed by atoms with Crippen molar-refractivity contribution in [2.24, 2.45) is 0 Å². The molecular formula is C18H22N4O. The van der Waals surface area contributed by atoms with Crippen LogP contribution in [0.4, 0.5) is 0 Å². The summed E-state index contributed by atoms with van der Waals surface area (Å²) in [6, 6.07) is 10.6. The van der Waals surface area contributed by atoms with Gasteiger partial charge < -0.3 is 13.9 Å². The van der Waals surface area contributed by atoms with Crippen LogP contribution in [-0.4, -0.2) is 39.3 Å². The van der Waals surface area contributed by atoms with Crippen LogP contribution in [0, 0.1) is 0 Å². The maximum atomic E-state index is 5.80. The van der Waals surface area contributed by atoms with Crippen LogP contribution >= 0.6 is 0 Å². The molecule has 0 saturated carbocycles. The van der Waals surface area contributed by atoms with E-state index in [9.17, 15) is 0 Å². The highest BCUT2D eigenvalue weighted by atomic mass is 16.4. The Morgan fingerprint density at radius 2 is 1.91 bits per heavy atom. The summed E-state index contributed by atoms with van der Waals surface area (Å²) in [5.41, 5.74) is 2.26. The molecular weight excluding hydrogens is 288 g/mol. The minimum Gasteiger partial charge on any atom is -0.419 e. The monoisotopic (exact) mass is 310 g/mol. The Morgan fingerprint density at radius 1 is 1.09 bits per heavy atom. The molecule has 5 nitrogen and oxygen atoms in total. The van der Waals surface area contributed by atoms with Crippen LogP contribution in [0.3, 0.4) is 0 Å². The van der Waals surface area contributed by atoms with E-state index >= 15 is 0 Å². The first-order valence-corrected chi connectivity index (χ1v) is 8.48. The molecule has 0 bridgehead atoms. The zero-order valence-corrected chi connectivity index (χ0v) is 13.5.